The van der Waals surface area contributed by atoms with Crippen molar-refractivity contribution in [3.8, 4) is 0 Å². The Balaban J connectivity index is 2.07. The summed E-state index contributed by atoms with van der Waals surface area (Å²) in [5, 5.41) is 0. The van der Waals surface area contributed by atoms with Crippen LogP contribution in [0.5, 0.6) is 0 Å². The predicted octanol–water partition coefficient (Wildman–Crippen LogP) is 3.86. The number of amides is 2. The molecule has 0 fully saturated rings. The molecule has 0 heterocycles. The van der Waals surface area contributed by atoms with E-state index in [4.69, 9.17) is 22.9 Å². The first kappa shape index (κ1) is 28.2. The fourth-order valence-electron chi connectivity index (χ4n) is 4.15. The van der Waals surface area contributed by atoms with Crippen molar-refractivity contribution < 1.29 is 9.59 Å². The number of nitrogens with two attached hydrogens (primary N) is 4. The number of carbonyl (C=O) groups excluding carboxylic acids is 2. The smallest absolute Gasteiger partial charge is 0.240 e. The van der Waals surface area contributed by atoms with E-state index in [1.165, 1.54) is 0 Å². The Labute approximate surface area is 233 Å². The number of halogens is 2. The number of anilines is 1. The summed E-state index contributed by atoms with van der Waals surface area (Å²) >= 11 is 6.94. The Morgan fingerprint density at radius 1 is 0.865 bits per heavy atom. The Bertz CT molecular complexity index is 1190. The Morgan fingerprint density at radius 2 is 1.38 bits per heavy atom. The van der Waals surface area contributed by atoms with Crippen LogP contribution in [0.1, 0.15) is 35.4 Å². The van der Waals surface area contributed by atoms with Crippen LogP contribution in [-0.4, -0.2) is 35.3 Å². The van der Waals surface area contributed by atoms with Crippen molar-refractivity contribution in [2.45, 2.75) is 31.3 Å². The second-order valence-corrected chi connectivity index (χ2v) is 10.3. The van der Waals surface area contributed by atoms with Crippen molar-refractivity contribution >= 4 is 55.3 Å². The molecule has 3 aromatic rings. The maximum atomic E-state index is 14.4. The molecule has 0 saturated carbocycles. The van der Waals surface area contributed by atoms with Gasteiger partial charge in [-0.15, -0.1) is 0 Å². The summed E-state index contributed by atoms with van der Waals surface area (Å²) < 4.78 is 1.35. The fraction of sp³-hybridized carbons (Fsp3) is 0.222. The van der Waals surface area contributed by atoms with Gasteiger partial charge in [0, 0.05) is 22.0 Å². The quantitative estimate of drug-likeness (QED) is 0.110. The highest BCUT2D eigenvalue weighted by Crippen LogP contribution is 2.33. The number of nitrogen functional groups attached to an aromatic ring is 1. The molecule has 8 nitrogen and oxygen atoms in total. The molecule has 0 radical (unpaired) electrons. The summed E-state index contributed by atoms with van der Waals surface area (Å²) in [6, 6.07) is 21.7. The Morgan fingerprint density at radius 3 is 1.84 bits per heavy atom. The van der Waals surface area contributed by atoms with Crippen LogP contribution < -0.4 is 22.9 Å². The molecule has 10 heteroatoms. The van der Waals surface area contributed by atoms with E-state index in [1.807, 2.05) is 72.8 Å². The highest BCUT2D eigenvalue weighted by atomic mass is 79.9. The van der Waals surface area contributed by atoms with E-state index in [-0.39, 0.29) is 18.4 Å². The van der Waals surface area contributed by atoms with E-state index in [9.17, 15) is 9.59 Å². The van der Waals surface area contributed by atoms with Gasteiger partial charge in [0.2, 0.25) is 11.8 Å². The standard InChI is InChI=1S/C27H30Br2N6O2/c28-20-14-17(15-21(29)24(20)30)16-35(22(25(31)36)12-7-13-34-27(32)33)26(37)23(18-8-3-1-4-9-18)19-10-5-2-6-11-19/h1-6,8-11,14-15,22-23H,7,12-13,16,30H2,(H2,31,36)(H4,32,33,34)/t22-/m1/s1. The van der Waals surface area contributed by atoms with Gasteiger partial charge in [-0.1, -0.05) is 60.7 Å². The number of nitrogens with zero attached hydrogens (tertiary/aromatic N) is 2. The van der Waals surface area contributed by atoms with Crippen LogP contribution in [0.3, 0.4) is 0 Å². The van der Waals surface area contributed by atoms with Crippen molar-refractivity contribution in [1.29, 1.82) is 0 Å². The van der Waals surface area contributed by atoms with E-state index in [0.717, 1.165) is 16.7 Å². The number of hydrogen-bond acceptors (Lipinski definition) is 4. The molecule has 0 aliphatic heterocycles. The zero-order valence-corrected chi connectivity index (χ0v) is 23.4. The van der Waals surface area contributed by atoms with Crippen molar-refractivity contribution in [2.24, 2.45) is 22.2 Å². The lowest BCUT2D eigenvalue weighted by molar-refractivity contribution is -0.141. The molecule has 0 unspecified atom stereocenters. The average Bonchev–Trinajstić information content (AvgIpc) is 2.87. The normalized spacial score (nSPS) is 11.6. The lowest BCUT2D eigenvalue weighted by Crippen LogP contribution is -2.49. The molecule has 0 aromatic heterocycles. The lowest BCUT2D eigenvalue weighted by atomic mass is 9.89. The molecule has 0 aliphatic rings. The van der Waals surface area contributed by atoms with E-state index in [0.29, 0.717) is 34.0 Å². The zero-order valence-electron chi connectivity index (χ0n) is 20.2. The molecule has 3 rings (SSSR count). The number of rotatable bonds is 11. The molecule has 194 valence electrons. The number of carbonyl (C=O) groups is 2. The summed E-state index contributed by atoms with van der Waals surface area (Å²) in [5.41, 5.74) is 25.8. The second kappa shape index (κ2) is 13.3. The Hall–Kier alpha value is -3.37. The average molecular weight is 630 g/mol. The molecule has 3 aromatic carbocycles. The minimum atomic E-state index is -0.883. The van der Waals surface area contributed by atoms with Gasteiger partial charge in [0.25, 0.3) is 0 Å². The van der Waals surface area contributed by atoms with Crippen molar-refractivity contribution in [2.75, 3.05) is 12.3 Å². The van der Waals surface area contributed by atoms with Crippen LogP contribution in [0.2, 0.25) is 0 Å². The first-order valence-corrected chi connectivity index (χ1v) is 13.3. The minimum Gasteiger partial charge on any atom is -0.397 e. The third-order valence-electron chi connectivity index (χ3n) is 5.92. The summed E-state index contributed by atoms with van der Waals surface area (Å²) in [6.07, 6.45) is 0.761. The summed E-state index contributed by atoms with van der Waals surface area (Å²) in [4.78, 5) is 32.7. The highest BCUT2D eigenvalue weighted by Gasteiger charge is 2.34. The van der Waals surface area contributed by atoms with Crippen LogP contribution in [0, 0.1) is 0 Å². The van der Waals surface area contributed by atoms with Crippen molar-refractivity contribution in [3.05, 3.63) is 98.4 Å². The van der Waals surface area contributed by atoms with E-state index in [1.54, 1.807) is 4.90 Å². The van der Waals surface area contributed by atoms with Gasteiger partial charge in [0.15, 0.2) is 5.96 Å². The minimum absolute atomic E-state index is 0.0339. The summed E-state index contributed by atoms with van der Waals surface area (Å²) in [5.74, 6) is -1.52. The molecule has 2 amide bonds. The number of benzene rings is 3. The van der Waals surface area contributed by atoms with Gasteiger partial charge in [-0.25, -0.2) is 0 Å². The molecule has 0 spiro atoms. The topological polar surface area (TPSA) is 154 Å². The molecular weight excluding hydrogens is 600 g/mol. The first-order chi connectivity index (χ1) is 17.7. The number of aliphatic imine (C=N–C) groups is 1. The van der Waals surface area contributed by atoms with E-state index in [2.05, 4.69) is 36.9 Å². The monoisotopic (exact) mass is 628 g/mol. The number of guanidine groups is 1. The molecule has 8 N–H and O–H groups in total. The third kappa shape index (κ3) is 7.56. The van der Waals surface area contributed by atoms with E-state index < -0.39 is 17.9 Å². The maximum Gasteiger partial charge on any atom is 0.240 e. The third-order valence-corrected chi connectivity index (χ3v) is 7.23. The van der Waals surface area contributed by atoms with Crippen molar-refractivity contribution in [3.63, 3.8) is 0 Å². The van der Waals surface area contributed by atoms with Gasteiger partial charge in [-0.3, -0.25) is 14.6 Å². The van der Waals surface area contributed by atoms with Crippen LogP contribution in [-0.2, 0) is 16.1 Å². The highest BCUT2D eigenvalue weighted by molar-refractivity contribution is 9.11. The zero-order chi connectivity index (χ0) is 26.9. The number of hydrogen-bond donors (Lipinski definition) is 4. The largest absolute Gasteiger partial charge is 0.397 e. The number of primary amides is 1. The van der Waals surface area contributed by atoms with Crippen LogP contribution in [0.25, 0.3) is 0 Å². The van der Waals surface area contributed by atoms with Crippen LogP contribution in [0.15, 0.2) is 86.7 Å². The Kier molecular flexibility index (Phi) is 10.1. The first-order valence-electron chi connectivity index (χ1n) is 11.7. The van der Waals surface area contributed by atoms with Gasteiger partial charge in [0.1, 0.15) is 6.04 Å². The summed E-state index contributed by atoms with van der Waals surface area (Å²) in [6.45, 7) is 0.455. The summed E-state index contributed by atoms with van der Waals surface area (Å²) in [7, 11) is 0. The maximum absolute atomic E-state index is 14.4. The molecule has 1 atom stereocenters. The van der Waals surface area contributed by atoms with Crippen molar-refractivity contribution in [1.82, 2.24) is 4.90 Å². The second-order valence-electron chi connectivity index (χ2n) is 8.56. The predicted molar refractivity (Wildman–Crippen MR) is 154 cm³/mol. The van der Waals surface area contributed by atoms with Crippen LogP contribution >= 0.6 is 31.9 Å². The van der Waals surface area contributed by atoms with Gasteiger partial charge in [0.05, 0.1) is 11.6 Å². The van der Waals surface area contributed by atoms with Crippen LogP contribution in [0.4, 0.5) is 5.69 Å². The molecule has 0 aliphatic carbocycles. The van der Waals surface area contributed by atoms with Gasteiger partial charge in [-0.2, -0.15) is 0 Å². The molecule has 37 heavy (non-hydrogen) atoms. The SMILES string of the molecule is NC(=O)[C@@H](CCCN=C(N)N)N(Cc1cc(Br)c(N)c(Br)c1)C(=O)C(c1ccccc1)c1ccccc1. The fourth-order valence-corrected chi connectivity index (χ4v) is 5.43. The molecule has 0 saturated heterocycles. The lowest BCUT2D eigenvalue weighted by Gasteiger charge is -2.33. The van der Waals surface area contributed by atoms with E-state index >= 15 is 0 Å². The molecular formula is C27H30Br2N6O2. The van der Waals surface area contributed by atoms with Gasteiger partial charge in [-0.05, 0) is 73.5 Å². The van der Waals surface area contributed by atoms with Gasteiger partial charge >= 0.3 is 0 Å². The van der Waals surface area contributed by atoms with Gasteiger partial charge < -0.3 is 27.8 Å². The molecule has 0 bridgehead atoms.